The highest BCUT2D eigenvalue weighted by Gasteiger charge is 2.34. The van der Waals surface area contributed by atoms with Crippen LogP contribution in [0, 0.1) is 11.8 Å². The van der Waals surface area contributed by atoms with Gasteiger partial charge in [0.05, 0.1) is 0 Å². The average Bonchev–Trinajstić information content (AvgIpc) is 3.41. The number of hydrogen-bond donors (Lipinski definition) is 1. The van der Waals surface area contributed by atoms with E-state index in [0.717, 1.165) is 19.3 Å². The lowest BCUT2D eigenvalue weighted by molar-refractivity contribution is 0.141. The van der Waals surface area contributed by atoms with E-state index < -0.39 is 0 Å². The monoisotopic (exact) mass is 355 g/mol. The number of rotatable bonds is 4. The molecule has 2 fully saturated rings. The van der Waals surface area contributed by atoms with Gasteiger partial charge in [0.2, 0.25) is 0 Å². The van der Waals surface area contributed by atoms with Crippen LogP contribution in [0.3, 0.4) is 0 Å². The lowest BCUT2D eigenvalue weighted by atomic mass is 10.0. The van der Waals surface area contributed by atoms with Gasteiger partial charge in [-0.3, -0.25) is 4.57 Å². The Labute approximate surface area is 152 Å². The summed E-state index contributed by atoms with van der Waals surface area (Å²) in [5, 5.41) is 3.92. The number of likely N-dealkylation sites (tertiary alicyclic amines) is 1. The van der Waals surface area contributed by atoms with Gasteiger partial charge in [0.25, 0.3) is 0 Å². The molecule has 1 aliphatic carbocycles. The SMILES string of the molecule is CC/C=C\C=C\C1CN(C(=O)n2c3c(n(C)c2=O)=CNC(C2CC2)N=3)C1. The third-order valence-corrected chi connectivity index (χ3v) is 5.24. The van der Waals surface area contributed by atoms with E-state index >= 15 is 0 Å². The first-order valence-electron chi connectivity index (χ1n) is 9.34. The van der Waals surface area contributed by atoms with Crippen molar-refractivity contribution in [1.29, 1.82) is 0 Å². The highest BCUT2D eigenvalue weighted by atomic mass is 16.2. The zero-order valence-electron chi connectivity index (χ0n) is 15.3. The van der Waals surface area contributed by atoms with E-state index in [1.54, 1.807) is 11.9 Å². The summed E-state index contributed by atoms with van der Waals surface area (Å²) in [7, 11) is 1.68. The zero-order chi connectivity index (χ0) is 18.3. The maximum absolute atomic E-state index is 12.9. The van der Waals surface area contributed by atoms with E-state index in [-0.39, 0.29) is 17.9 Å². The largest absolute Gasteiger partial charge is 0.368 e. The van der Waals surface area contributed by atoms with E-state index in [0.29, 0.717) is 35.8 Å². The molecule has 138 valence electrons. The fourth-order valence-electron chi connectivity index (χ4n) is 3.42. The van der Waals surface area contributed by atoms with Crippen LogP contribution in [-0.4, -0.2) is 39.3 Å². The Kier molecular flexibility index (Phi) is 4.30. The Balaban J connectivity index is 1.55. The molecule has 1 aromatic heterocycles. The molecular weight excluding hydrogens is 330 g/mol. The first kappa shape index (κ1) is 16.9. The van der Waals surface area contributed by atoms with Crippen molar-refractivity contribution < 1.29 is 4.79 Å². The number of nitrogens with one attached hydrogen (secondary N) is 1. The van der Waals surface area contributed by atoms with Gasteiger partial charge in [0, 0.05) is 32.3 Å². The summed E-state index contributed by atoms with van der Waals surface area (Å²) in [6.07, 6.45) is 13.4. The van der Waals surface area contributed by atoms with E-state index in [1.165, 1.54) is 9.13 Å². The van der Waals surface area contributed by atoms with Crippen LogP contribution in [0.4, 0.5) is 4.79 Å². The number of hydrogen-bond acceptors (Lipinski definition) is 4. The number of carbonyl (C=O) groups is 1. The van der Waals surface area contributed by atoms with Crippen LogP contribution >= 0.6 is 0 Å². The van der Waals surface area contributed by atoms with Gasteiger partial charge < -0.3 is 10.2 Å². The van der Waals surface area contributed by atoms with Gasteiger partial charge in [0.15, 0.2) is 5.49 Å². The van der Waals surface area contributed by atoms with Crippen molar-refractivity contribution in [2.45, 2.75) is 32.4 Å². The minimum atomic E-state index is -0.330. The van der Waals surface area contributed by atoms with Crippen LogP contribution < -0.4 is 21.8 Å². The topological polar surface area (TPSA) is 71.6 Å². The molecule has 3 aliphatic rings. The van der Waals surface area contributed by atoms with Crippen LogP contribution in [0.15, 0.2) is 34.1 Å². The van der Waals surface area contributed by atoms with Gasteiger partial charge in [0.1, 0.15) is 11.5 Å². The summed E-state index contributed by atoms with van der Waals surface area (Å²) in [6.45, 7) is 3.37. The number of aromatic nitrogens is 2. The fraction of sp³-hybridized carbons (Fsp3) is 0.526. The molecule has 1 aromatic rings. The third kappa shape index (κ3) is 2.91. The molecule has 0 spiro atoms. The molecule has 2 aliphatic heterocycles. The van der Waals surface area contributed by atoms with Crippen LogP contribution in [0.1, 0.15) is 26.2 Å². The molecule has 0 radical (unpaired) electrons. The summed E-state index contributed by atoms with van der Waals surface area (Å²) in [5.74, 6) is 0.855. The average molecular weight is 355 g/mol. The number of carbonyl (C=O) groups excluding carboxylic acids is 1. The minimum Gasteiger partial charge on any atom is -0.368 e. The van der Waals surface area contributed by atoms with Crippen molar-refractivity contribution in [3.63, 3.8) is 0 Å². The molecule has 3 heterocycles. The van der Waals surface area contributed by atoms with Crippen LogP contribution in [0.2, 0.25) is 0 Å². The molecule has 4 rings (SSSR count). The Morgan fingerprint density at radius 1 is 1.35 bits per heavy atom. The maximum atomic E-state index is 12.9. The fourth-order valence-corrected chi connectivity index (χ4v) is 3.42. The van der Waals surface area contributed by atoms with Crippen LogP contribution in [0.5, 0.6) is 0 Å². The molecule has 1 unspecified atom stereocenters. The Morgan fingerprint density at radius 2 is 2.12 bits per heavy atom. The molecule has 1 atom stereocenters. The molecule has 1 amide bonds. The number of imidazole rings is 1. The van der Waals surface area contributed by atoms with E-state index in [2.05, 4.69) is 29.4 Å². The number of nitrogens with zero attached hydrogens (tertiary/aromatic N) is 4. The molecule has 1 saturated heterocycles. The number of fused-ring (bicyclic) bond motifs is 1. The summed E-state index contributed by atoms with van der Waals surface area (Å²) < 4.78 is 2.72. The first-order chi connectivity index (χ1) is 12.6. The van der Waals surface area contributed by atoms with Gasteiger partial charge in [-0.05, 0) is 25.2 Å². The summed E-state index contributed by atoms with van der Waals surface area (Å²) in [4.78, 5) is 31.9. The van der Waals surface area contributed by atoms with E-state index in [4.69, 9.17) is 0 Å². The first-order valence-corrected chi connectivity index (χ1v) is 9.34. The highest BCUT2D eigenvalue weighted by Crippen LogP contribution is 2.33. The second kappa shape index (κ2) is 6.63. The van der Waals surface area contributed by atoms with Crippen LogP contribution in [-0.2, 0) is 7.05 Å². The molecule has 0 aromatic carbocycles. The van der Waals surface area contributed by atoms with Crippen molar-refractivity contribution in [3.8, 4) is 0 Å². The molecule has 0 bridgehead atoms. The molecule has 1 N–H and O–H groups in total. The lowest BCUT2D eigenvalue weighted by Crippen LogP contribution is -2.55. The standard InChI is InChI=1S/C19H25N5O2/c1-3-4-5-6-7-13-11-23(12-13)19(26)24-17-15(22(2)18(24)25)10-20-16(21-17)14-8-9-14/h4-7,10,13-14,16,20H,3,8-9,11-12H2,1-2H3/b5-4-,7-6+. The smallest absolute Gasteiger partial charge is 0.338 e. The molecule has 1 saturated carbocycles. The molecule has 7 nitrogen and oxygen atoms in total. The zero-order valence-corrected chi connectivity index (χ0v) is 15.3. The number of amides is 1. The predicted molar refractivity (Wildman–Crippen MR) is 99.0 cm³/mol. The maximum Gasteiger partial charge on any atom is 0.338 e. The second-order valence-corrected chi connectivity index (χ2v) is 7.28. The van der Waals surface area contributed by atoms with Gasteiger partial charge >= 0.3 is 11.7 Å². The van der Waals surface area contributed by atoms with Crippen molar-refractivity contribution in [1.82, 2.24) is 19.4 Å². The van der Waals surface area contributed by atoms with Crippen molar-refractivity contribution >= 4 is 12.2 Å². The normalized spacial score (nSPS) is 22.7. The van der Waals surface area contributed by atoms with E-state index in [9.17, 15) is 9.59 Å². The van der Waals surface area contributed by atoms with Gasteiger partial charge in [-0.2, -0.15) is 4.57 Å². The summed E-state index contributed by atoms with van der Waals surface area (Å²) >= 11 is 0. The van der Waals surface area contributed by atoms with Crippen molar-refractivity contribution in [2.75, 3.05) is 13.1 Å². The summed E-state index contributed by atoms with van der Waals surface area (Å²) in [6, 6.07) is -0.269. The molecule has 26 heavy (non-hydrogen) atoms. The minimum absolute atomic E-state index is 0.0271. The Bertz CT molecular complexity index is 942. The Hall–Kier alpha value is -2.57. The van der Waals surface area contributed by atoms with E-state index in [1.807, 2.05) is 18.4 Å². The predicted octanol–water partition coefficient (Wildman–Crippen LogP) is 0.306. The van der Waals surface area contributed by atoms with Crippen molar-refractivity contribution in [2.24, 2.45) is 23.9 Å². The Morgan fingerprint density at radius 3 is 2.81 bits per heavy atom. The van der Waals surface area contributed by atoms with Crippen LogP contribution in [0.25, 0.3) is 6.20 Å². The highest BCUT2D eigenvalue weighted by molar-refractivity contribution is 5.77. The van der Waals surface area contributed by atoms with Gasteiger partial charge in [-0.25, -0.2) is 14.6 Å². The number of allylic oxidation sites excluding steroid dienone is 3. The van der Waals surface area contributed by atoms with Crippen molar-refractivity contribution in [3.05, 3.63) is 45.6 Å². The second-order valence-electron chi connectivity index (χ2n) is 7.28. The quantitative estimate of drug-likeness (QED) is 0.790. The van der Waals surface area contributed by atoms with Gasteiger partial charge in [-0.1, -0.05) is 31.2 Å². The third-order valence-electron chi connectivity index (χ3n) is 5.24. The summed E-state index contributed by atoms with van der Waals surface area (Å²) in [5.41, 5.74) is 0.158. The molecule has 7 heteroatoms. The molecular formula is C19H25N5O2. The van der Waals surface area contributed by atoms with Gasteiger partial charge in [-0.15, -0.1) is 0 Å². The lowest BCUT2D eigenvalue weighted by Gasteiger charge is -2.37.